The van der Waals surface area contributed by atoms with E-state index in [4.69, 9.17) is 0 Å². The van der Waals surface area contributed by atoms with Crippen LogP contribution >= 0.6 is 0 Å². The Labute approximate surface area is 181 Å². The van der Waals surface area contributed by atoms with E-state index in [0.717, 1.165) is 25.2 Å². The average molecular weight is 443 g/mol. The zero-order chi connectivity index (χ0) is 22.5. The molecule has 2 bridgehead atoms. The minimum absolute atomic E-state index is 0.0395. The van der Waals surface area contributed by atoms with Crippen LogP contribution in [0.25, 0.3) is 5.69 Å². The summed E-state index contributed by atoms with van der Waals surface area (Å²) in [5.41, 5.74) is 0.186. The lowest BCUT2D eigenvalue weighted by Gasteiger charge is -2.38. The Morgan fingerprint density at radius 1 is 1.09 bits per heavy atom. The Morgan fingerprint density at radius 3 is 2.44 bits per heavy atom. The Hall–Kier alpha value is -3.50. The molecule has 166 valence electrons. The fraction of sp³-hybridized carbons (Fsp3) is 0.381. The zero-order valence-electron chi connectivity index (χ0n) is 17.1. The molecule has 1 saturated carbocycles. The maximum Gasteiger partial charge on any atom is 0.419 e. The van der Waals surface area contributed by atoms with E-state index in [0.29, 0.717) is 11.3 Å². The molecule has 1 saturated heterocycles. The molecular formula is C21H20F3N7O. The first kappa shape index (κ1) is 20.4. The number of carbonyl (C=O) groups is 1. The fourth-order valence-corrected chi connectivity index (χ4v) is 4.80. The number of likely N-dealkylation sites (tertiary alicyclic amines) is 1. The lowest BCUT2D eigenvalue weighted by molar-refractivity contribution is -0.138. The molecule has 0 radical (unpaired) electrons. The summed E-state index contributed by atoms with van der Waals surface area (Å²) in [5.74, 6) is 0.278. The highest BCUT2D eigenvalue weighted by molar-refractivity contribution is 5.98. The van der Waals surface area contributed by atoms with Crippen molar-refractivity contribution in [3.8, 4) is 5.69 Å². The largest absolute Gasteiger partial charge is 0.419 e. The number of hydrogen-bond donors (Lipinski definition) is 1. The Bertz CT molecular complexity index is 1120. The molecule has 3 unspecified atom stereocenters. The number of anilines is 1. The van der Waals surface area contributed by atoms with Gasteiger partial charge in [-0.05, 0) is 37.8 Å². The molecule has 4 atom stereocenters. The van der Waals surface area contributed by atoms with E-state index in [1.165, 1.54) is 4.80 Å². The van der Waals surface area contributed by atoms with E-state index >= 15 is 0 Å². The SMILES string of the molecule is CC1C2CC([C@@H](Nc3ncc(C(F)(F)F)cn3)C2)N1C(=O)c1ccccc1-n1nccn1. The number of carbonyl (C=O) groups excluding carboxylic acids is 1. The van der Waals surface area contributed by atoms with Gasteiger partial charge in [0, 0.05) is 24.5 Å². The first-order valence-corrected chi connectivity index (χ1v) is 10.3. The topological polar surface area (TPSA) is 88.8 Å². The van der Waals surface area contributed by atoms with Gasteiger partial charge in [-0.1, -0.05) is 12.1 Å². The van der Waals surface area contributed by atoms with Crippen molar-refractivity contribution >= 4 is 11.9 Å². The summed E-state index contributed by atoms with van der Waals surface area (Å²) >= 11 is 0. The van der Waals surface area contributed by atoms with Crippen LogP contribution in [-0.4, -0.2) is 53.9 Å². The van der Waals surface area contributed by atoms with Crippen molar-refractivity contribution in [1.82, 2.24) is 29.9 Å². The molecule has 8 nitrogen and oxygen atoms in total. The average Bonchev–Trinajstić information content (AvgIpc) is 3.50. The summed E-state index contributed by atoms with van der Waals surface area (Å²) in [6.07, 6.45) is 1.75. The number of benzene rings is 1. The third-order valence-corrected chi connectivity index (χ3v) is 6.34. The molecule has 1 aromatic carbocycles. The van der Waals surface area contributed by atoms with Crippen molar-refractivity contribution in [2.75, 3.05) is 5.32 Å². The molecule has 2 aliphatic rings. The van der Waals surface area contributed by atoms with Gasteiger partial charge in [0.2, 0.25) is 5.95 Å². The van der Waals surface area contributed by atoms with Crippen LogP contribution in [0.5, 0.6) is 0 Å². The van der Waals surface area contributed by atoms with Crippen LogP contribution in [0.2, 0.25) is 0 Å². The zero-order valence-corrected chi connectivity index (χ0v) is 17.1. The molecule has 2 fully saturated rings. The van der Waals surface area contributed by atoms with Crippen molar-refractivity contribution in [1.29, 1.82) is 0 Å². The van der Waals surface area contributed by atoms with Gasteiger partial charge in [-0.3, -0.25) is 4.79 Å². The quantitative estimate of drug-likeness (QED) is 0.666. The number of amides is 1. The highest BCUT2D eigenvalue weighted by Crippen LogP contribution is 2.44. The van der Waals surface area contributed by atoms with E-state index in [-0.39, 0.29) is 35.9 Å². The van der Waals surface area contributed by atoms with Gasteiger partial charge in [0.05, 0.1) is 35.2 Å². The second-order valence-electron chi connectivity index (χ2n) is 8.13. The second-order valence-corrected chi connectivity index (χ2v) is 8.13. The number of halogens is 3. The second kappa shape index (κ2) is 7.57. The van der Waals surface area contributed by atoms with Crippen LogP contribution < -0.4 is 5.32 Å². The number of fused-ring (bicyclic) bond motifs is 2. The number of aromatic nitrogens is 5. The van der Waals surface area contributed by atoms with Crippen LogP contribution in [0.3, 0.4) is 0 Å². The molecule has 1 aliphatic carbocycles. The Morgan fingerprint density at radius 2 is 1.78 bits per heavy atom. The van der Waals surface area contributed by atoms with E-state index in [1.807, 2.05) is 17.9 Å². The third-order valence-electron chi connectivity index (χ3n) is 6.34. The van der Waals surface area contributed by atoms with Gasteiger partial charge < -0.3 is 10.2 Å². The van der Waals surface area contributed by atoms with E-state index in [9.17, 15) is 18.0 Å². The monoisotopic (exact) mass is 443 g/mol. The van der Waals surface area contributed by atoms with E-state index in [2.05, 4.69) is 25.5 Å². The number of nitrogens with zero attached hydrogens (tertiary/aromatic N) is 6. The molecule has 0 spiro atoms. The molecule has 11 heteroatoms. The summed E-state index contributed by atoms with van der Waals surface area (Å²) in [6.45, 7) is 2.03. The van der Waals surface area contributed by atoms with Gasteiger partial charge in [-0.2, -0.15) is 28.2 Å². The van der Waals surface area contributed by atoms with Crippen molar-refractivity contribution < 1.29 is 18.0 Å². The Kier molecular flexibility index (Phi) is 4.83. The van der Waals surface area contributed by atoms with E-state index in [1.54, 1.807) is 30.6 Å². The van der Waals surface area contributed by atoms with Gasteiger partial charge in [0.1, 0.15) is 0 Å². The first-order valence-electron chi connectivity index (χ1n) is 10.3. The lowest BCUT2D eigenvalue weighted by Crippen LogP contribution is -2.51. The number of para-hydroxylation sites is 1. The summed E-state index contributed by atoms with van der Waals surface area (Å²) in [6, 6.07) is 6.93. The van der Waals surface area contributed by atoms with Crippen LogP contribution in [0, 0.1) is 5.92 Å². The van der Waals surface area contributed by atoms with Crippen molar-refractivity contribution in [3.63, 3.8) is 0 Å². The van der Waals surface area contributed by atoms with Gasteiger partial charge in [0.25, 0.3) is 5.91 Å². The summed E-state index contributed by atoms with van der Waals surface area (Å²) in [7, 11) is 0. The maximum absolute atomic E-state index is 13.6. The number of alkyl halides is 3. The predicted octanol–water partition coefficient (Wildman–Crippen LogP) is 3.18. The Balaban J connectivity index is 1.38. The van der Waals surface area contributed by atoms with Gasteiger partial charge in [-0.25, -0.2) is 9.97 Å². The molecule has 1 amide bonds. The fourth-order valence-electron chi connectivity index (χ4n) is 4.80. The number of rotatable bonds is 4. The minimum Gasteiger partial charge on any atom is -0.349 e. The van der Waals surface area contributed by atoms with Gasteiger partial charge in [0.15, 0.2) is 0 Å². The summed E-state index contributed by atoms with van der Waals surface area (Å²) in [5, 5.41) is 11.4. The molecule has 2 aromatic heterocycles. The van der Waals surface area contributed by atoms with Crippen molar-refractivity contribution in [3.05, 3.63) is 60.2 Å². The highest BCUT2D eigenvalue weighted by Gasteiger charge is 2.51. The van der Waals surface area contributed by atoms with Crippen molar-refractivity contribution in [2.45, 2.75) is 44.1 Å². The third kappa shape index (κ3) is 3.47. The van der Waals surface area contributed by atoms with Crippen LogP contribution in [0.1, 0.15) is 35.7 Å². The van der Waals surface area contributed by atoms with Gasteiger partial charge >= 0.3 is 6.18 Å². The lowest BCUT2D eigenvalue weighted by atomic mass is 9.97. The number of nitrogens with one attached hydrogen (secondary N) is 1. The smallest absolute Gasteiger partial charge is 0.349 e. The molecule has 3 heterocycles. The molecule has 5 rings (SSSR count). The first-order chi connectivity index (χ1) is 15.3. The number of hydrogen-bond acceptors (Lipinski definition) is 6. The number of piperidine rings is 1. The minimum atomic E-state index is -4.49. The van der Waals surface area contributed by atoms with Crippen LogP contribution in [0.4, 0.5) is 19.1 Å². The van der Waals surface area contributed by atoms with E-state index < -0.39 is 11.7 Å². The van der Waals surface area contributed by atoms with Gasteiger partial charge in [-0.15, -0.1) is 0 Å². The molecule has 1 aliphatic heterocycles. The normalized spacial score (nSPS) is 24.7. The summed E-state index contributed by atoms with van der Waals surface area (Å²) < 4.78 is 38.3. The van der Waals surface area contributed by atoms with Crippen molar-refractivity contribution in [2.24, 2.45) is 5.92 Å². The molecule has 32 heavy (non-hydrogen) atoms. The van der Waals surface area contributed by atoms with Crippen LogP contribution in [0.15, 0.2) is 49.1 Å². The summed E-state index contributed by atoms with van der Waals surface area (Å²) in [4.78, 5) is 24.5. The molecule has 3 aromatic rings. The predicted molar refractivity (Wildman–Crippen MR) is 108 cm³/mol. The maximum atomic E-state index is 13.6. The standard InChI is InChI=1S/C21H20F3N7O/c1-12-13-8-16(29-20-25-10-14(11-26-20)21(22,23)24)18(9-13)30(12)19(32)15-4-2-3-5-17(15)31-27-6-7-28-31/h2-7,10-13,16,18H,8-9H2,1H3,(H,25,26,29)/t12?,13?,16-,18?/m0/s1. The highest BCUT2D eigenvalue weighted by atomic mass is 19.4. The van der Waals surface area contributed by atoms with Crippen LogP contribution in [-0.2, 0) is 6.18 Å². The molecular weight excluding hydrogens is 423 g/mol. The molecule has 1 N–H and O–H groups in total.